The Balaban J connectivity index is 1.59. The zero-order chi connectivity index (χ0) is 27.5. The number of carbonyl (C=O) groups is 2. The van der Waals surface area contributed by atoms with E-state index in [2.05, 4.69) is 5.32 Å². The number of methoxy groups -OCH3 is 3. The van der Waals surface area contributed by atoms with E-state index in [0.29, 0.717) is 55.4 Å². The van der Waals surface area contributed by atoms with Crippen LogP contribution in [-0.4, -0.2) is 38.2 Å². The van der Waals surface area contributed by atoms with Gasteiger partial charge in [0, 0.05) is 28.0 Å². The fourth-order valence-electron chi connectivity index (χ4n) is 4.38. The largest absolute Gasteiger partial charge is 0.497 e. The van der Waals surface area contributed by atoms with Crippen molar-refractivity contribution in [3.05, 3.63) is 94.9 Å². The van der Waals surface area contributed by atoms with Gasteiger partial charge in [-0.3, -0.25) is 4.79 Å². The van der Waals surface area contributed by atoms with Crippen LogP contribution in [0.5, 0.6) is 11.5 Å². The van der Waals surface area contributed by atoms with E-state index in [-0.39, 0.29) is 5.91 Å². The Morgan fingerprint density at radius 1 is 0.872 bits per heavy atom. The smallest absolute Gasteiger partial charge is 0.341 e. The molecule has 0 aliphatic heterocycles. The van der Waals surface area contributed by atoms with Crippen molar-refractivity contribution in [2.45, 2.75) is 6.92 Å². The van der Waals surface area contributed by atoms with Gasteiger partial charge >= 0.3 is 5.97 Å². The minimum atomic E-state index is -0.523. The first-order chi connectivity index (χ1) is 18.9. The summed E-state index contributed by atoms with van der Waals surface area (Å²) in [5, 5.41) is 5.90. The average Bonchev–Trinajstić information content (AvgIpc) is 3.39. The van der Waals surface area contributed by atoms with Crippen molar-refractivity contribution in [1.29, 1.82) is 0 Å². The molecule has 196 valence electrons. The number of nitrogens with one attached hydrogen (secondary N) is 1. The fourth-order valence-corrected chi connectivity index (χ4v) is 5.33. The van der Waals surface area contributed by atoms with Crippen LogP contribution in [0, 0.1) is 6.92 Å². The molecule has 0 saturated heterocycles. The Hall–Kier alpha value is -4.69. The Bertz CT molecular complexity index is 1690. The number of benzene rings is 3. The van der Waals surface area contributed by atoms with Gasteiger partial charge in [0.05, 0.1) is 38.1 Å². The summed E-state index contributed by atoms with van der Waals surface area (Å²) in [5.74, 6) is 0.319. The number of hydrogen-bond donors (Lipinski definition) is 1. The lowest BCUT2D eigenvalue weighted by Crippen LogP contribution is -2.15. The molecule has 3 aromatic carbocycles. The summed E-state index contributed by atoms with van der Waals surface area (Å²) < 4.78 is 16.0. The molecule has 0 aliphatic rings. The number of pyridine rings is 1. The highest BCUT2D eigenvalue weighted by molar-refractivity contribution is 7.15. The molecule has 0 spiro atoms. The number of fused-ring (bicyclic) bond motifs is 1. The molecular formula is C31H26N2O5S. The summed E-state index contributed by atoms with van der Waals surface area (Å²) in [4.78, 5) is 31.4. The van der Waals surface area contributed by atoms with Crippen LogP contribution in [0.1, 0.15) is 26.3 Å². The highest BCUT2D eigenvalue weighted by atomic mass is 32.1. The number of aromatic nitrogens is 1. The maximum Gasteiger partial charge on any atom is 0.341 e. The lowest BCUT2D eigenvalue weighted by molar-refractivity contribution is 0.0603. The van der Waals surface area contributed by atoms with Crippen molar-refractivity contribution >= 4 is 39.1 Å². The minimum Gasteiger partial charge on any atom is -0.497 e. The Labute approximate surface area is 230 Å². The standard InChI is InChI=1S/C31H26N2O5S/c1-18-9-11-19(12-10-18)24-17-39-30(28(24)31(35)38-4)33-29(34)23-16-26(32-25-8-6-5-7-21(23)25)22-14-13-20(36-2)15-27(22)37-3/h5-17H,1-4H3,(H,33,34). The topological polar surface area (TPSA) is 86.8 Å². The van der Waals surface area contributed by atoms with E-state index in [1.165, 1.54) is 18.4 Å². The van der Waals surface area contributed by atoms with Crippen LogP contribution in [0.15, 0.2) is 78.2 Å². The van der Waals surface area contributed by atoms with Gasteiger partial charge in [-0.2, -0.15) is 0 Å². The number of hydrogen-bond acceptors (Lipinski definition) is 7. The van der Waals surface area contributed by atoms with Crippen LogP contribution in [0.25, 0.3) is 33.3 Å². The van der Waals surface area contributed by atoms with Crippen LogP contribution in [0.3, 0.4) is 0 Å². The molecule has 0 unspecified atom stereocenters. The number of rotatable bonds is 7. The molecule has 39 heavy (non-hydrogen) atoms. The molecule has 2 aromatic heterocycles. The number of amides is 1. The number of esters is 1. The van der Waals surface area contributed by atoms with Gasteiger partial charge in [0.25, 0.3) is 5.91 Å². The Kier molecular flexibility index (Phi) is 7.29. The summed E-state index contributed by atoms with van der Waals surface area (Å²) in [6.07, 6.45) is 0. The van der Waals surface area contributed by atoms with E-state index in [9.17, 15) is 9.59 Å². The molecule has 0 fully saturated rings. The number of ether oxygens (including phenoxy) is 3. The second-order valence-electron chi connectivity index (χ2n) is 8.80. The van der Waals surface area contributed by atoms with Gasteiger partial charge < -0.3 is 19.5 Å². The molecule has 0 aliphatic carbocycles. The van der Waals surface area contributed by atoms with Crippen LogP contribution in [0.4, 0.5) is 5.00 Å². The molecular weight excluding hydrogens is 512 g/mol. The van der Waals surface area contributed by atoms with E-state index in [0.717, 1.165) is 11.1 Å². The van der Waals surface area contributed by atoms with Crippen molar-refractivity contribution in [2.24, 2.45) is 0 Å². The van der Waals surface area contributed by atoms with Gasteiger partial charge in [-0.1, -0.05) is 48.0 Å². The lowest BCUT2D eigenvalue weighted by Gasteiger charge is -2.13. The van der Waals surface area contributed by atoms with Crippen molar-refractivity contribution in [3.63, 3.8) is 0 Å². The Morgan fingerprint density at radius 2 is 1.64 bits per heavy atom. The quantitative estimate of drug-likeness (QED) is 0.225. The zero-order valence-corrected chi connectivity index (χ0v) is 22.7. The number of nitrogens with zero attached hydrogens (tertiary/aromatic N) is 1. The van der Waals surface area contributed by atoms with Gasteiger partial charge in [0.1, 0.15) is 22.1 Å². The van der Waals surface area contributed by atoms with Crippen molar-refractivity contribution in [1.82, 2.24) is 4.98 Å². The second kappa shape index (κ2) is 11.0. The SMILES string of the molecule is COC(=O)c1c(-c2ccc(C)cc2)csc1NC(=O)c1cc(-c2ccc(OC)cc2OC)nc2ccccc12. The highest BCUT2D eigenvalue weighted by Crippen LogP contribution is 2.38. The number of anilines is 1. The lowest BCUT2D eigenvalue weighted by atomic mass is 10.0. The highest BCUT2D eigenvalue weighted by Gasteiger charge is 2.24. The van der Waals surface area contributed by atoms with E-state index in [1.807, 2.05) is 73.0 Å². The van der Waals surface area contributed by atoms with Crippen LogP contribution in [0.2, 0.25) is 0 Å². The second-order valence-corrected chi connectivity index (χ2v) is 9.68. The van der Waals surface area contributed by atoms with Crippen LogP contribution >= 0.6 is 11.3 Å². The number of thiophene rings is 1. The monoisotopic (exact) mass is 538 g/mol. The van der Waals surface area contributed by atoms with Crippen LogP contribution < -0.4 is 14.8 Å². The molecule has 1 N–H and O–H groups in total. The van der Waals surface area contributed by atoms with E-state index >= 15 is 0 Å². The predicted octanol–water partition coefficient (Wildman–Crippen LogP) is 6.99. The van der Waals surface area contributed by atoms with Crippen LogP contribution in [-0.2, 0) is 4.74 Å². The summed E-state index contributed by atoms with van der Waals surface area (Å²) in [6.45, 7) is 2.00. The molecule has 7 nitrogen and oxygen atoms in total. The van der Waals surface area contributed by atoms with Crippen molar-refractivity contribution < 1.29 is 23.8 Å². The molecule has 5 aromatic rings. The molecule has 0 atom stereocenters. The first-order valence-corrected chi connectivity index (χ1v) is 13.0. The molecule has 1 amide bonds. The summed E-state index contributed by atoms with van der Waals surface area (Å²) >= 11 is 1.28. The fraction of sp³-hybridized carbons (Fsp3) is 0.129. The molecule has 8 heteroatoms. The van der Waals surface area contributed by atoms with E-state index in [1.54, 1.807) is 26.4 Å². The first-order valence-electron chi connectivity index (χ1n) is 12.1. The maximum atomic E-state index is 13.8. The number of para-hydroxylation sites is 1. The average molecular weight is 539 g/mol. The number of carbonyl (C=O) groups excluding carboxylic acids is 2. The number of aryl methyl sites for hydroxylation is 1. The zero-order valence-electron chi connectivity index (χ0n) is 21.9. The third kappa shape index (κ3) is 5.06. The first kappa shape index (κ1) is 25.9. The summed E-state index contributed by atoms with van der Waals surface area (Å²) in [6, 6.07) is 22.4. The Morgan fingerprint density at radius 3 is 2.36 bits per heavy atom. The van der Waals surface area contributed by atoms with Gasteiger partial charge in [-0.05, 0) is 36.8 Å². The molecule has 2 heterocycles. The molecule has 0 radical (unpaired) electrons. The predicted molar refractivity (Wildman–Crippen MR) is 154 cm³/mol. The molecule has 0 saturated carbocycles. The van der Waals surface area contributed by atoms with E-state index < -0.39 is 5.97 Å². The molecule has 0 bridgehead atoms. The van der Waals surface area contributed by atoms with Gasteiger partial charge in [-0.15, -0.1) is 11.3 Å². The van der Waals surface area contributed by atoms with Crippen molar-refractivity contribution in [2.75, 3.05) is 26.6 Å². The maximum absolute atomic E-state index is 13.8. The summed E-state index contributed by atoms with van der Waals surface area (Å²) in [7, 11) is 4.49. The summed E-state index contributed by atoms with van der Waals surface area (Å²) in [5.41, 5.74) is 5.33. The molecule has 5 rings (SSSR count). The third-order valence-corrected chi connectivity index (χ3v) is 7.31. The van der Waals surface area contributed by atoms with Gasteiger partial charge in [-0.25, -0.2) is 9.78 Å². The van der Waals surface area contributed by atoms with Crippen molar-refractivity contribution in [3.8, 4) is 33.9 Å². The van der Waals surface area contributed by atoms with E-state index in [4.69, 9.17) is 19.2 Å². The normalized spacial score (nSPS) is 10.8. The third-order valence-electron chi connectivity index (χ3n) is 6.42. The van der Waals surface area contributed by atoms with Gasteiger partial charge in [0.15, 0.2) is 0 Å². The minimum absolute atomic E-state index is 0.315. The van der Waals surface area contributed by atoms with Gasteiger partial charge in [0.2, 0.25) is 0 Å².